The molecule has 0 atom stereocenters. The number of rotatable bonds is 0. The second kappa shape index (κ2) is 3.15. The molecule has 1 aliphatic heterocycles. The van der Waals surface area contributed by atoms with E-state index >= 15 is 0 Å². The average molecular weight is 263 g/mol. The van der Waals surface area contributed by atoms with Crippen LogP contribution >= 0.6 is 9.95 Å². The van der Waals surface area contributed by atoms with Crippen LogP contribution in [0, 0.1) is 0 Å². The molecule has 0 spiro atoms. The summed E-state index contributed by atoms with van der Waals surface area (Å²) in [4.78, 5) is 0. The summed E-state index contributed by atoms with van der Waals surface area (Å²) < 4.78 is 2.76. The van der Waals surface area contributed by atoms with Crippen LogP contribution in [0.15, 0.2) is 48.5 Å². The Morgan fingerprint density at radius 2 is 1.14 bits per heavy atom. The van der Waals surface area contributed by atoms with E-state index in [0.29, 0.717) is 0 Å². The van der Waals surface area contributed by atoms with Crippen LogP contribution in [0.4, 0.5) is 0 Å². The molecular weight excluding hydrogens is 255 g/mol. The first-order valence-corrected chi connectivity index (χ1v) is 8.86. The number of halogens is 1. The number of hydrogen-bond donors (Lipinski definition) is 0. The van der Waals surface area contributed by atoms with Crippen molar-refractivity contribution in [3.63, 3.8) is 0 Å². The van der Waals surface area contributed by atoms with Crippen molar-refractivity contribution in [2.24, 2.45) is 0 Å². The molecule has 0 nitrogen and oxygen atoms in total. The van der Waals surface area contributed by atoms with Crippen LogP contribution in [0.5, 0.6) is 0 Å². The van der Waals surface area contributed by atoms with Crippen molar-refractivity contribution in [3.05, 3.63) is 48.5 Å². The Kier molecular flexibility index (Phi) is 1.93. The fourth-order valence-electron chi connectivity index (χ4n) is 1.87. The summed E-state index contributed by atoms with van der Waals surface area (Å²) in [5.41, 5.74) is 2.69. The normalized spacial score (nSPS) is 13.8. The molecule has 2 aromatic rings. The zero-order chi connectivity index (χ0) is 9.54. The fraction of sp³-hybridized carbons (Fsp3) is 0. The molecule has 0 saturated heterocycles. The predicted molar refractivity (Wildman–Crippen MR) is 62.8 cm³/mol. The fourth-order valence-corrected chi connectivity index (χ4v) is 6.57. The van der Waals surface area contributed by atoms with Crippen molar-refractivity contribution >= 4 is 32.4 Å². The number of benzene rings is 2. The van der Waals surface area contributed by atoms with Crippen molar-refractivity contribution in [3.8, 4) is 11.1 Å². The van der Waals surface area contributed by atoms with Crippen LogP contribution in [0.1, 0.15) is 0 Å². The molecule has 14 heavy (non-hydrogen) atoms. The summed E-state index contributed by atoms with van der Waals surface area (Å²) in [6, 6.07) is 17.0. The molecule has 3 rings (SSSR count). The van der Waals surface area contributed by atoms with Crippen LogP contribution in [-0.4, -0.2) is 13.7 Å². The molecule has 0 radical (unpaired) electrons. The first-order valence-electron chi connectivity index (χ1n) is 4.52. The molecule has 0 aliphatic carbocycles. The Balaban J connectivity index is 2.36. The zero-order valence-corrected chi connectivity index (χ0v) is 10.1. The van der Waals surface area contributed by atoms with Crippen LogP contribution in [0.3, 0.4) is 0 Å². The van der Waals surface area contributed by atoms with Gasteiger partial charge in [0.25, 0.3) is 0 Å². The van der Waals surface area contributed by atoms with Crippen LogP contribution in [-0.2, 0) is 0 Å². The van der Waals surface area contributed by atoms with Crippen molar-refractivity contribution in [2.75, 3.05) is 0 Å². The Morgan fingerprint density at radius 3 is 1.64 bits per heavy atom. The molecule has 2 heteroatoms. The third-order valence-corrected chi connectivity index (χ3v) is 7.83. The van der Waals surface area contributed by atoms with E-state index in [-0.39, 0.29) is 0 Å². The van der Waals surface area contributed by atoms with Gasteiger partial charge in [0.15, 0.2) is 0 Å². The molecule has 0 amide bonds. The number of fused-ring (bicyclic) bond motifs is 3. The summed E-state index contributed by atoms with van der Waals surface area (Å²) in [6.45, 7) is 0. The third kappa shape index (κ3) is 1.08. The van der Waals surface area contributed by atoms with Crippen LogP contribution in [0.2, 0.25) is 0 Å². The van der Waals surface area contributed by atoms with E-state index in [9.17, 15) is 0 Å². The Labute approximate surface area is 91.9 Å². The van der Waals surface area contributed by atoms with Crippen molar-refractivity contribution < 1.29 is 0 Å². The molecule has 0 bridgehead atoms. The van der Waals surface area contributed by atoms with Crippen molar-refractivity contribution in [1.29, 1.82) is 0 Å². The molecule has 0 N–H and O–H groups in total. The van der Waals surface area contributed by atoms with Gasteiger partial charge in [0.2, 0.25) is 0 Å². The van der Waals surface area contributed by atoms with E-state index in [4.69, 9.17) is 9.95 Å². The first kappa shape index (κ1) is 8.59. The van der Waals surface area contributed by atoms with Crippen molar-refractivity contribution in [1.82, 2.24) is 0 Å². The average Bonchev–Trinajstić information content (AvgIpc) is 2.55. The SMILES string of the molecule is Cl[As]1c2ccccc2-c2ccccc21. The van der Waals surface area contributed by atoms with Crippen LogP contribution < -0.4 is 8.70 Å². The second-order valence-electron chi connectivity index (χ2n) is 3.32. The van der Waals surface area contributed by atoms with E-state index in [0.717, 1.165) is 0 Å². The molecule has 0 aromatic heterocycles. The van der Waals surface area contributed by atoms with Gasteiger partial charge >= 0.3 is 92.0 Å². The third-order valence-electron chi connectivity index (χ3n) is 2.52. The molecule has 1 aliphatic rings. The molecule has 1 heterocycles. The second-order valence-corrected chi connectivity index (χ2v) is 8.27. The zero-order valence-electron chi connectivity index (χ0n) is 7.44. The van der Waals surface area contributed by atoms with Gasteiger partial charge in [-0.15, -0.1) is 0 Å². The topological polar surface area (TPSA) is 0 Å². The van der Waals surface area contributed by atoms with Gasteiger partial charge in [-0.3, -0.25) is 0 Å². The summed E-state index contributed by atoms with van der Waals surface area (Å²) in [5.74, 6) is 0. The van der Waals surface area contributed by atoms with Gasteiger partial charge in [0.1, 0.15) is 0 Å². The van der Waals surface area contributed by atoms with E-state index in [1.54, 1.807) is 0 Å². The Hall–Kier alpha value is -0.712. The summed E-state index contributed by atoms with van der Waals surface area (Å²) in [7, 11) is 6.52. The van der Waals surface area contributed by atoms with E-state index in [1.165, 1.54) is 19.8 Å². The minimum absolute atomic E-state index is 1.35. The molecule has 0 unspecified atom stereocenters. The van der Waals surface area contributed by atoms with Gasteiger partial charge in [0.05, 0.1) is 0 Å². The van der Waals surface area contributed by atoms with E-state index < -0.39 is 13.7 Å². The number of hydrogen-bond acceptors (Lipinski definition) is 0. The standard InChI is InChI=1S/C12H8AsCl/c14-13-11-7-3-1-5-9(11)10-6-2-4-8-12(10)13/h1-8H. The monoisotopic (exact) mass is 262 g/mol. The summed E-state index contributed by atoms with van der Waals surface area (Å²) >= 11 is -1.44. The van der Waals surface area contributed by atoms with Crippen LogP contribution in [0.25, 0.3) is 11.1 Å². The van der Waals surface area contributed by atoms with E-state index in [2.05, 4.69) is 48.5 Å². The molecule has 0 saturated carbocycles. The minimum atomic E-state index is -1.44. The van der Waals surface area contributed by atoms with Gasteiger partial charge in [-0.05, 0) is 0 Å². The Morgan fingerprint density at radius 1 is 0.714 bits per heavy atom. The molecule has 2 aromatic carbocycles. The predicted octanol–water partition coefficient (Wildman–Crippen LogP) is 2.01. The van der Waals surface area contributed by atoms with Crippen molar-refractivity contribution in [2.45, 2.75) is 0 Å². The van der Waals surface area contributed by atoms with E-state index in [1.807, 2.05) is 0 Å². The molecular formula is C12H8AsCl. The Bertz CT molecular complexity index is 448. The summed E-state index contributed by atoms with van der Waals surface area (Å²) in [6.07, 6.45) is 0. The quantitative estimate of drug-likeness (QED) is 0.637. The maximum atomic E-state index is 6.52. The summed E-state index contributed by atoms with van der Waals surface area (Å²) in [5, 5.41) is 0. The van der Waals surface area contributed by atoms with Gasteiger partial charge in [-0.2, -0.15) is 0 Å². The first-order chi connectivity index (χ1) is 6.88. The van der Waals surface area contributed by atoms with Gasteiger partial charge in [0, 0.05) is 0 Å². The van der Waals surface area contributed by atoms with Gasteiger partial charge in [-0.25, -0.2) is 0 Å². The molecule has 68 valence electrons. The molecule has 0 fully saturated rings. The van der Waals surface area contributed by atoms with Gasteiger partial charge in [-0.1, -0.05) is 0 Å². The maximum absolute atomic E-state index is 6.52. The van der Waals surface area contributed by atoms with Gasteiger partial charge < -0.3 is 0 Å².